The Morgan fingerprint density at radius 1 is 1.07 bits per heavy atom. The summed E-state index contributed by atoms with van der Waals surface area (Å²) in [4.78, 5) is 28.3. The molecule has 8 rings (SSSR count). The number of allylic oxidation sites excluding steroid dienone is 1. The predicted octanol–water partition coefficient (Wildman–Crippen LogP) is 5.89. The Morgan fingerprint density at radius 2 is 1.87 bits per heavy atom. The van der Waals surface area contributed by atoms with Crippen LogP contribution in [-0.4, -0.2) is 90.7 Å². The highest BCUT2D eigenvalue weighted by Crippen LogP contribution is 2.86. The molecule has 1 amide bonds. The van der Waals surface area contributed by atoms with E-state index in [9.17, 15) is 14.7 Å². The van der Waals surface area contributed by atoms with Gasteiger partial charge in [0.25, 0.3) is 0 Å². The lowest BCUT2D eigenvalue weighted by atomic mass is 9.49. The number of nitrogens with zero attached hydrogens (tertiary/aromatic N) is 2. The van der Waals surface area contributed by atoms with Gasteiger partial charge >= 0.3 is 5.97 Å². The summed E-state index contributed by atoms with van der Waals surface area (Å²) < 4.78 is 19.7. The molecule has 0 bridgehead atoms. The number of amides is 1. The molecule has 12 unspecified atom stereocenters. The first-order valence-electron chi connectivity index (χ1n) is 18.9. The molecule has 2 aliphatic heterocycles. The molecular formula is C38H58N2O6. The van der Waals surface area contributed by atoms with Gasteiger partial charge in [-0.3, -0.25) is 14.5 Å². The molecule has 0 radical (unpaired) electrons. The normalized spacial score (nSPS) is 47.8. The maximum Gasteiger partial charge on any atom is 0.320 e. The fraction of sp³-hybridized carbons (Fsp3) is 0.895. The molecule has 0 aromatic rings. The lowest BCUT2D eigenvalue weighted by Crippen LogP contribution is -2.51. The number of aliphatic carboxylic acids is 1. The number of carboxylic acids is 1. The van der Waals surface area contributed by atoms with Crippen molar-refractivity contribution in [2.75, 3.05) is 33.3 Å². The van der Waals surface area contributed by atoms with Crippen molar-refractivity contribution in [1.82, 2.24) is 9.80 Å². The summed E-state index contributed by atoms with van der Waals surface area (Å²) in [5, 5.41) is 9.49. The number of ether oxygens (including phenoxy) is 3. The van der Waals surface area contributed by atoms with Gasteiger partial charge in [0, 0.05) is 19.5 Å². The van der Waals surface area contributed by atoms with Crippen LogP contribution in [0.3, 0.4) is 0 Å². The van der Waals surface area contributed by atoms with Crippen molar-refractivity contribution in [2.24, 2.45) is 45.8 Å². The third-order valence-corrected chi connectivity index (χ3v) is 15.4. The lowest BCUT2D eigenvalue weighted by Gasteiger charge is -2.56. The van der Waals surface area contributed by atoms with Crippen LogP contribution in [0.25, 0.3) is 0 Å². The summed E-state index contributed by atoms with van der Waals surface area (Å²) in [6, 6.07) is -0.486. The number of hydrogen-bond acceptors (Lipinski definition) is 6. The second kappa shape index (κ2) is 11.6. The summed E-state index contributed by atoms with van der Waals surface area (Å²) in [6.07, 6.45) is 18.2. The van der Waals surface area contributed by atoms with Crippen LogP contribution in [0.5, 0.6) is 0 Å². The highest BCUT2D eigenvalue weighted by molar-refractivity contribution is 5.76. The van der Waals surface area contributed by atoms with Crippen molar-refractivity contribution in [1.29, 1.82) is 0 Å². The molecule has 2 saturated heterocycles. The van der Waals surface area contributed by atoms with Gasteiger partial charge in [0.05, 0.1) is 31.5 Å². The van der Waals surface area contributed by atoms with Crippen LogP contribution in [0.15, 0.2) is 11.6 Å². The number of rotatable bonds is 8. The van der Waals surface area contributed by atoms with Crippen LogP contribution < -0.4 is 0 Å². The first kappa shape index (κ1) is 31.8. The van der Waals surface area contributed by atoms with Crippen LogP contribution in [0.2, 0.25) is 0 Å². The largest absolute Gasteiger partial charge is 0.480 e. The molecule has 12 atom stereocenters. The number of likely N-dealkylation sites (N-methyl/N-ethyl adjacent to an activating group) is 1. The van der Waals surface area contributed by atoms with E-state index in [1.807, 2.05) is 16.8 Å². The van der Waals surface area contributed by atoms with Gasteiger partial charge in [-0.1, -0.05) is 13.0 Å². The van der Waals surface area contributed by atoms with Crippen LogP contribution in [0.4, 0.5) is 0 Å². The third kappa shape index (κ3) is 4.96. The van der Waals surface area contributed by atoms with Crippen molar-refractivity contribution in [2.45, 2.75) is 135 Å². The molecule has 46 heavy (non-hydrogen) atoms. The molecular weight excluding hydrogens is 580 g/mol. The highest BCUT2D eigenvalue weighted by atomic mass is 16.7. The molecule has 0 aromatic carbocycles. The van der Waals surface area contributed by atoms with E-state index in [2.05, 4.69) is 19.9 Å². The second-order valence-corrected chi connectivity index (χ2v) is 17.2. The van der Waals surface area contributed by atoms with Crippen LogP contribution >= 0.6 is 0 Å². The molecule has 6 saturated carbocycles. The van der Waals surface area contributed by atoms with Crippen molar-refractivity contribution < 1.29 is 28.9 Å². The average Bonchev–Trinajstić information content (AvgIpc) is 3.95. The Hall–Kier alpha value is -1.48. The number of fused-ring (bicyclic) bond motifs is 4. The van der Waals surface area contributed by atoms with E-state index in [4.69, 9.17) is 14.2 Å². The Bertz CT molecular complexity index is 1250. The fourth-order valence-corrected chi connectivity index (χ4v) is 12.6. The van der Waals surface area contributed by atoms with E-state index in [-0.39, 0.29) is 24.4 Å². The Morgan fingerprint density at radius 3 is 2.63 bits per heavy atom. The molecule has 2 spiro atoms. The number of carbonyl (C=O) groups is 2. The van der Waals surface area contributed by atoms with E-state index in [1.54, 1.807) is 6.92 Å². The van der Waals surface area contributed by atoms with E-state index >= 15 is 0 Å². The van der Waals surface area contributed by atoms with Gasteiger partial charge < -0.3 is 24.2 Å². The number of morpholine rings is 1. The van der Waals surface area contributed by atoms with Crippen LogP contribution in [0.1, 0.15) is 104 Å². The van der Waals surface area contributed by atoms with Crippen molar-refractivity contribution in [3.05, 3.63) is 11.6 Å². The smallest absolute Gasteiger partial charge is 0.320 e. The predicted molar refractivity (Wildman–Crippen MR) is 174 cm³/mol. The zero-order valence-electron chi connectivity index (χ0n) is 28.8. The SMILES string of the molecule is C/C=C1\C(OC2CN(C(=O)CC3CC3)CCO2)CCC23CC24CCC2(C)C5CCC(CN(C)C(C)C(=O)O)OC5CC2C4CCC13. The minimum Gasteiger partial charge on any atom is -0.480 e. The third-order valence-electron chi connectivity index (χ3n) is 15.4. The Labute approximate surface area is 275 Å². The molecule has 1 N–H and O–H groups in total. The quantitative estimate of drug-likeness (QED) is 0.332. The van der Waals surface area contributed by atoms with Gasteiger partial charge in [-0.2, -0.15) is 0 Å². The zero-order chi connectivity index (χ0) is 32.0. The van der Waals surface area contributed by atoms with Crippen LogP contribution in [0, 0.1) is 45.8 Å². The second-order valence-electron chi connectivity index (χ2n) is 17.2. The van der Waals surface area contributed by atoms with Crippen molar-refractivity contribution in [3.63, 3.8) is 0 Å². The minimum atomic E-state index is -0.763. The first-order valence-corrected chi connectivity index (χ1v) is 18.9. The van der Waals surface area contributed by atoms with Crippen molar-refractivity contribution in [3.8, 4) is 0 Å². The molecule has 8 heteroatoms. The van der Waals surface area contributed by atoms with Gasteiger partial charge in [-0.05, 0) is 149 Å². The van der Waals surface area contributed by atoms with Gasteiger partial charge in [-0.15, -0.1) is 0 Å². The maximum absolute atomic E-state index is 12.8. The van der Waals surface area contributed by atoms with Gasteiger partial charge in [0.2, 0.25) is 5.91 Å². The molecule has 8 aliphatic rings. The number of carbonyl (C=O) groups excluding carboxylic acids is 1. The summed E-state index contributed by atoms with van der Waals surface area (Å²) in [7, 11) is 1.92. The first-order chi connectivity index (χ1) is 22.1. The minimum absolute atomic E-state index is 0.105. The molecule has 0 aromatic heterocycles. The van der Waals surface area contributed by atoms with Crippen LogP contribution in [-0.2, 0) is 23.8 Å². The summed E-state index contributed by atoms with van der Waals surface area (Å²) in [6.45, 7) is 9.14. The summed E-state index contributed by atoms with van der Waals surface area (Å²) >= 11 is 0. The molecule has 2 heterocycles. The van der Waals surface area contributed by atoms with Gasteiger partial charge in [0.15, 0.2) is 6.29 Å². The molecule has 256 valence electrons. The lowest BCUT2D eigenvalue weighted by molar-refractivity contribution is -0.205. The topological polar surface area (TPSA) is 88.5 Å². The van der Waals surface area contributed by atoms with Gasteiger partial charge in [0.1, 0.15) is 6.04 Å². The van der Waals surface area contributed by atoms with E-state index in [0.29, 0.717) is 72.8 Å². The molecule has 8 nitrogen and oxygen atoms in total. The standard InChI is InChI=1S/C38H58N2O6/c1-5-26-27-10-11-28-30-19-32-29(9-8-25(45-32)20-39(4)23(2)35(42)43)36(30,3)14-15-38(28)22-37(27,38)13-12-31(26)46-34-21-40(16-17-44-34)33(41)18-24-6-7-24/h5,23-25,27-32,34H,6-22H2,1-4H3,(H,42,43)/b26-5-. The Balaban J connectivity index is 0.928. The average molecular weight is 639 g/mol. The van der Waals surface area contributed by atoms with Gasteiger partial charge in [-0.25, -0.2) is 0 Å². The van der Waals surface area contributed by atoms with E-state index in [0.717, 1.165) is 24.7 Å². The summed E-state index contributed by atoms with van der Waals surface area (Å²) in [5.74, 6) is 2.92. The molecule has 8 fully saturated rings. The zero-order valence-corrected chi connectivity index (χ0v) is 28.8. The number of carboxylic acid groups (broad SMARTS) is 1. The van der Waals surface area contributed by atoms with Crippen molar-refractivity contribution >= 4 is 11.9 Å². The number of hydrogen-bond donors (Lipinski definition) is 1. The monoisotopic (exact) mass is 638 g/mol. The highest BCUT2D eigenvalue weighted by Gasteiger charge is 2.79. The fourth-order valence-electron chi connectivity index (χ4n) is 12.6. The summed E-state index contributed by atoms with van der Waals surface area (Å²) in [5.41, 5.74) is 2.81. The molecule has 6 aliphatic carbocycles. The Kier molecular flexibility index (Phi) is 7.98. The van der Waals surface area contributed by atoms with E-state index in [1.165, 1.54) is 69.8 Å². The maximum atomic E-state index is 12.8. The van der Waals surface area contributed by atoms with E-state index < -0.39 is 12.0 Å².